The molecule has 0 radical (unpaired) electrons. The molecule has 0 saturated heterocycles. The first-order valence-electron chi connectivity index (χ1n) is 11.6. The van der Waals surface area contributed by atoms with Gasteiger partial charge in [-0.05, 0) is 56.5 Å². The molecule has 3 aromatic carbocycles. The maximum atomic E-state index is 12.6. The SMILES string of the molecule is Cc1ccc(OCCCCn2c(C(C)NC(=O)Cc3ccccc3)nc3ccccc32)cc1. The fourth-order valence-electron chi connectivity index (χ4n) is 3.99. The monoisotopic (exact) mass is 441 g/mol. The molecule has 0 saturated carbocycles. The lowest BCUT2D eigenvalue weighted by atomic mass is 10.1. The van der Waals surface area contributed by atoms with Gasteiger partial charge in [0.15, 0.2) is 0 Å². The number of amides is 1. The Bertz CT molecular complexity index is 1180. The molecule has 0 spiro atoms. The van der Waals surface area contributed by atoms with Crippen molar-refractivity contribution in [2.75, 3.05) is 6.61 Å². The normalized spacial score (nSPS) is 11.9. The fourth-order valence-corrected chi connectivity index (χ4v) is 3.99. The van der Waals surface area contributed by atoms with Gasteiger partial charge in [0.1, 0.15) is 11.6 Å². The van der Waals surface area contributed by atoms with Gasteiger partial charge in [-0.1, -0.05) is 60.2 Å². The molecule has 1 heterocycles. The molecule has 170 valence electrons. The number of carbonyl (C=O) groups excluding carboxylic acids is 1. The van der Waals surface area contributed by atoms with Crippen LogP contribution in [0.15, 0.2) is 78.9 Å². The summed E-state index contributed by atoms with van der Waals surface area (Å²) in [7, 11) is 0. The molecule has 1 N–H and O–H groups in total. The number of rotatable bonds is 10. The smallest absolute Gasteiger partial charge is 0.224 e. The van der Waals surface area contributed by atoms with Gasteiger partial charge in [0, 0.05) is 6.54 Å². The van der Waals surface area contributed by atoms with E-state index in [1.165, 1.54) is 5.56 Å². The number of para-hydroxylation sites is 2. The van der Waals surface area contributed by atoms with Crippen LogP contribution >= 0.6 is 0 Å². The van der Waals surface area contributed by atoms with Crippen molar-refractivity contribution in [1.82, 2.24) is 14.9 Å². The number of nitrogens with zero attached hydrogens (tertiary/aromatic N) is 2. The minimum atomic E-state index is -0.183. The summed E-state index contributed by atoms with van der Waals surface area (Å²) in [5, 5.41) is 3.13. The van der Waals surface area contributed by atoms with Crippen LogP contribution in [0.25, 0.3) is 11.0 Å². The first-order valence-corrected chi connectivity index (χ1v) is 11.6. The topological polar surface area (TPSA) is 56.1 Å². The number of aryl methyl sites for hydroxylation is 2. The molecule has 0 aliphatic carbocycles. The molecule has 1 aromatic heterocycles. The van der Waals surface area contributed by atoms with Crippen molar-refractivity contribution in [1.29, 1.82) is 0 Å². The molecule has 4 aromatic rings. The average Bonchev–Trinajstić information content (AvgIpc) is 3.19. The largest absolute Gasteiger partial charge is 0.494 e. The van der Waals surface area contributed by atoms with E-state index in [-0.39, 0.29) is 11.9 Å². The lowest BCUT2D eigenvalue weighted by Gasteiger charge is -2.16. The Hall–Kier alpha value is -3.60. The highest BCUT2D eigenvalue weighted by Crippen LogP contribution is 2.22. The van der Waals surface area contributed by atoms with Crippen molar-refractivity contribution < 1.29 is 9.53 Å². The molecular formula is C28H31N3O2. The van der Waals surface area contributed by atoms with Crippen LogP contribution in [0.1, 0.15) is 42.8 Å². The van der Waals surface area contributed by atoms with Gasteiger partial charge in [0.05, 0.1) is 30.1 Å². The van der Waals surface area contributed by atoms with Crippen molar-refractivity contribution in [2.45, 2.75) is 45.7 Å². The van der Waals surface area contributed by atoms with Crippen LogP contribution < -0.4 is 10.1 Å². The summed E-state index contributed by atoms with van der Waals surface area (Å²) in [5.41, 5.74) is 4.28. The summed E-state index contributed by atoms with van der Waals surface area (Å²) in [6, 6.07) is 25.9. The Morgan fingerprint density at radius 3 is 2.48 bits per heavy atom. The van der Waals surface area contributed by atoms with Gasteiger partial charge in [-0.25, -0.2) is 4.98 Å². The van der Waals surface area contributed by atoms with Crippen LogP contribution in [-0.4, -0.2) is 22.1 Å². The highest BCUT2D eigenvalue weighted by Gasteiger charge is 2.18. The molecular weight excluding hydrogens is 410 g/mol. The van der Waals surface area contributed by atoms with Crippen LogP contribution in [-0.2, 0) is 17.8 Å². The molecule has 0 fully saturated rings. The van der Waals surface area contributed by atoms with Gasteiger partial charge in [-0.15, -0.1) is 0 Å². The third kappa shape index (κ3) is 6.01. The number of carbonyl (C=O) groups is 1. The summed E-state index contributed by atoms with van der Waals surface area (Å²) in [4.78, 5) is 17.5. The van der Waals surface area contributed by atoms with Gasteiger partial charge in [0.25, 0.3) is 0 Å². The number of fused-ring (bicyclic) bond motifs is 1. The van der Waals surface area contributed by atoms with E-state index in [2.05, 4.69) is 35.0 Å². The van der Waals surface area contributed by atoms with Gasteiger partial charge in [0.2, 0.25) is 5.91 Å². The molecule has 1 atom stereocenters. The minimum absolute atomic E-state index is 0.00111. The Morgan fingerprint density at radius 1 is 0.970 bits per heavy atom. The van der Waals surface area contributed by atoms with E-state index in [1.54, 1.807) is 0 Å². The molecule has 4 rings (SSSR count). The second kappa shape index (κ2) is 10.8. The van der Waals surface area contributed by atoms with Crippen molar-refractivity contribution >= 4 is 16.9 Å². The Morgan fingerprint density at radius 2 is 1.70 bits per heavy atom. The first-order chi connectivity index (χ1) is 16.1. The molecule has 0 aliphatic heterocycles. The second-order valence-electron chi connectivity index (χ2n) is 8.43. The third-order valence-electron chi connectivity index (χ3n) is 5.72. The van der Waals surface area contributed by atoms with E-state index in [9.17, 15) is 4.79 Å². The number of aromatic nitrogens is 2. The molecule has 5 heteroatoms. The zero-order valence-electron chi connectivity index (χ0n) is 19.3. The number of hydrogen-bond donors (Lipinski definition) is 1. The van der Waals surface area contributed by atoms with Crippen LogP contribution in [0.5, 0.6) is 5.75 Å². The number of hydrogen-bond acceptors (Lipinski definition) is 3. The van der Waals surface area contributed by atoms with Crippen LogP contribution in [0.3, 0.4) is 0 Å². The lowest BCUT2D eigenvalue weighted by molar-refractivity contribution is -0.121. The van der Waals surface area contributed by atoms with E-state index in [1.807, 2.05) is 67.6 Å². The van der Waals surface area contributed by atoms with E-state index in [0.29, 0.717) is 13.0 Å². The lowest BCUT2D eigenvalue weighted by Crippen LogP contribution is -2.30. The maximum Gasteiger partial charge on any atom is 0.224 e. The zero-order valence-corrected chi connectivity index (χ0v) is 19.3. The van der Waals surface area contributed by atoms with Gasteiger partial charge in [-0.3, -0.25) is 4.79 Å². The standard InChI is InChI=1S/C28H31N3O2/c1-21-14-16-24(17-15-21)33-19-9-8-18-31-26-13-7-6-12-25(26)30-28(31)22(2)29-27(32)20-23-10-4-3-5-11-23/h3-7,10-17,22H,8-9,18-20H2,1-2H3,(H,29,32). The van der Waals surface area contributed by atoms with E-state index in [0.717, 1.165) is 47.6 Å². The quantitative estimate of drug-likeness (QED) is 0.325. The van der Waals surface area contributed by atoms with Crippen molar-refractivity contribution in [2.24, 2.45) is 0 Å². The summed E-state index contributed by atoms with van der Waals surface area (Å²) in [6.45, 7) is 5.57. The summed E-state index contributed by atoms with van der Waals surface area (Å²) in [6.07, 6.45) is 2.26. The van der Waals surface area contributed by atoms with E-state index >= 15 is 0 Å². The zero-order chi connectivity index (χ0) is 23.0. The number of unbranched alkanes of at least 4 members (excludes halogenated alkanes) is 1. The number of ether oxygens (including phenoxy) is 1. The highest BCUT2D eigenvalue weighted by atomic mass is 16.5. The van der Waals surface area contributed by atoms with Gasteiger partial charge >= 0.3 is 0 Å². The van der Waals surface area contributed by atoms with Crippen LogP contribution in [0, 0.1) is 6.92 Å². The van der Waals surface area contributed by atoms with Gasteiger partial charge < -0.3 is 14.6 Å². The third-order valence-corrected chi connectivity index (χ3v) is 5.72. The fraction of sp³-hybridized carbons (Fsp3) is 0.286. The van der Waals surface area contributed by atoms with Gasteiger partial charge in [-0.2, -0.15) is 0 Å². The predicted molar refractivity (Wildman–Crippen MR) is 132 cm³/mol. The first kappa shape index (κ1) is 22.6. The van der Waals surface area contributed by atoms with Crippen molar-refractivity contribution in [3.8, 4) is 5.75 Å². The second-order valence-corrected chi connectivity index (χ2v) is 8.43. The molecule has 5 nitrogen and oxygen atoms in total. The molecule has 1 unspecified atom stereocenters. The number of imidazole rings is 1. The van der Waals surface area contributed by atoms with Crippen LogP contribution in [0.4, 0.5) is 0 Å². The Labute approximate surface area is 195 Å². The Kier molecular flexibility index (Phi) is 7.40. The highest BCUT2D eigenvalue weighted by molar-refractivity contribution is 5.79. The average molecular weight is 442 g/mol. The maximum absolute atomic E-state index is 12.6. The molecule has 0 aliphatic rings. The summed E-state index contributed by atoms with van der Waals surface area (Å²) >= 11 is 0. The molecule has 33 heavy (non-hydrogen) atoms. The predicted octanol–water partition coefficient (Wildman–Crippen LogP) is 5.62. The van der Waals surface area contributed by atoms with E-state index < -0.39 is 0 Å². The van der Waals surface area contributed by atoms with Crippen molar-refractivity contribution in [3.63, 3.8) is 0 Å². The van der Waals surface area contributed by atoms with Crippen molar-refractivity contribution in [3.05, 3.63) is 95.8 Å². The Balaban J connectivity index is 1.38. The summed E-state index contributed by atoms with van der Waals surface area (Å²) in [5.74, 6) is 1.79. The minimum Gasteiger partial charge on any atom is -0.494 e. The molecule has 1 amide bonds. The van der Waals surface area contributed by atoms with Crippen LogP contribution in [0.2, 0.25) is 0 Å². The number of nitrogens with one attached hydrogen (secondary N) is 1. The molecule has 0 bridgehead atoms. The number of benzene rings is 3. The van der Waals surface area contributed by atoms with E-state index in [4.69, 9.17) is 9.72 Å². The summed E-state index contributed by atoms with van der Waals surface area (Å²) < 4.78 is 8.10.